The average molecular weight is 296 g/mol. The van der Waals surface area contributed by atoms with E-state index in [-0.39, 0.29) is 0 Å². The van der Waals surface area contributed by atoms with E-state index in [1.54, 1.807) is 0 Å². The van der Waals surface area contributed by atoms with Gasteiger partial charge in [-0.15, -0.1) is 0 Å². The summed E-state index contributed by atoms with van der Waals surface area (Å²) in [5.41, 5.74) is 1.48. The first-order chi connectivity index (χ1) is 8.18. The summed E-state index contributed by atoms with van der Waals surface area (Å²) in [4.78, 5) is 0. The van der Waals surface area contributed by atoms with Crippen molar-refractivity contribution in [3.05, 3.63) is 34.3 Å². The number of hydrogen-bond donors (Lipinski definition) is 1. The van der Waals surface area contributed by atoms with Gasteiger partial charge in [-0.1, -0.05) is 54.4 Å². The summed E-state index contributed by atoms with van der Waals surface area (Å²) in [6.07, 6.45) is 4.20. The summed E-state index contributed by atoms with van der Waals surface area (Å²) < 4.78 is 1.27. The van der Waals surface area contributed by atoms with Crippen molar-refractivity contribution in [2.45, 2.75) is 45.1 Å². The Balaban J connectivity index is 2.11. The number of rotatable bonds is 5. The first kappa shape index (κ1) is 13.1. The fraction of sp³-hybridized carbons (Fsp3) is 0.600. The first-order valence-electron chi connectivity index (χ1n) is 6.66. The van der Waals surface area contributed by atoms with Gasteiger partial charge in [0, 0.05) is 23.0 Å². The average Bonchev–Trinajstić information content (AvgIpc) is 2.22. The third-order valence-corrected chi connectivity index (χ3v) is 4.49. The van der Waals surface area contributed by atoms with Gasteiger partial charge in [0.1, 0.15) is 0 Å². The minimum atomic E-state index is 0.570. The van der Waals surface area contributed by atoms with E-state index in [4.69, 9.17) is 0 Å². The van der Waals surface area contributed by atoms with Crippen molar-refractivity contribution < 1.29 is 0 Å². The highest BCUT2D eigenvalue weighted by atomic mass is 79.9. The van der Waals surface area contributed by atoms with Crippen molar-refractivity contribution in [1.82, 2.24) is 5.32 Å². The predicted molar refractivity (Wildman–Crippen MR) is 77.4 cm³/mol. The quantitative estimate of drug-likeness (QED) is 0.852. The summed E-state index contributed by atoms with van der Waals surface area (Å²) in [7, 11) is 0. The lowest BCUT2D eigenvalue weighted by Gasteiger charge is -2.35. The van der Waals surface area contributed by atoms with Gasteiger partial charge in [-0.3, -0.25) is 0 Å². The van der Waals surface area contributed by atoms with Gasteiger partial charge >= 0.3 is 0 Å². The van der Waals surface area contributed by atoms with E-state index in [9.17, 15) is 0 Å². The largest absolute Gasteiger partial charge is 0.314 e. The lowest BCUT2D eigenvalue weighted by atomic mass is 9.73. The molecule has 1 aromatic rings. The van der Waals surface area contributed by atoms with Gasteiger partial charge in [0.05, 0.1) is 0 Å². The molecule has 0 aliphatic heterocycles. The Morgan fingerprint density at radius 1 is 1.29 bits per heavy atom. The highest BCUT2D eigenvalue weighted by molar-refractivity contribution is 9.10. The first-order valence-corrected chi connectivity index (χ1v) is 7.45. The smallest absolute Gasteiger partial charge is 0.0210 e. The van der Waals surface area contributed by atoms with E-state index in [1.807, 2.05) is 0 Å². The zero-order valence-corrected chi connectivity index (χ0v) is 12.3. The van der Waals surface area contributed by atoms with Crippen LogP contribution in [0.1, 0.15) is 44.6 Å². The van der Waals surface area contributed by atoms with Gasteiger partial charge in [0.2, 0.25) is 0 Å². The molecule has 17 heavy (non-hydrogen) atoms. The maximum Gasteiger partial charge on any atom is 0.0210 e. The molecular weight excluding hydrogens is 274 g/mol. The van der Waals surface area contributed by atoms with Gasteiger partial charge in [0.25, 0.3) is 0 Å². The molecule has 1 saturated carbocycles. The van der Waals surface area contributed by atoms with Crippen LogP contribution in [0, 0.1) is 5.92 Å². The summed E-state index contributed by atoms with van der Waals surface area (Å²) in [5.74, 6) is 1.54. The van der Waals surface area contributed by atoms with Crippen molar-refractivity contribution in [3.8, 4) is 0 Å². The molecule has 1 atom stereocenters. The molecule has 1 fully saturated rings. The summed E-state index contributed by atoms with van der Waals surface area (Å²) in [6.45, 7) is 5.54. The van der Waals surface area contributed by atoms with E-state index < -0.39 is 0 Å². The fourth-order valence-corrected chi connectivity index (χ4v) is 3.09. The monoisotopic (exact) mass is 295 g/mol. The van der Waals surface area contributed by atoms with Gasteiger partial charge in [-0.25, -0.2) is 0 Å². The van der Waals surface area contributed by atoms with Crippen LogP contribution in [-0.4, -0.2) is 12.6 Å². The SMILES string of the molecule is CC(C)NCC(c1ccccc1Br)C1CCC1. The molecule has 0 heterocycles. The summed E-state index contributed by atoms with van der Waals surface area (Å²) in [6, 6.07) is 9.26. The van der Waals surface area contributed by atoms with Gasteiger partial charge in [0.15, 0.2) is 0 Å². The van der Waals surface area contributed by atoms with Crippen LogP contribution in [0.5, 0.6) is 0 Å². The molecule has 1 aliphatic rings. The van der Waals surface area contributed by atoms with Gasteiger partial charge < -0.3 is 5.32 Å². The van der Waals surface area contributed by atoms with Crippen LogP contribution in [0.15, 0.2) is 28.7 Å². The summed E-state index contributed by atoms with van der Waals surface area (Å²) in [5, 5.41) is 3.60. The van der Waals surface area contributed by atoms with Gasteiger partial charge in [-0.2, -0.15) is 0 Å². The van der Waals surface area contributed by atoms with Crippen molar-refractivity contribution >= 4 is 15.9 Å². The van der Waals surface area contributed by atoms with Crippen LogP contribution >= 0.6 is 15.9 Å². The van der Waals surface area contributed by atoms with Gasteiger partial charge in [-0.05, 0) is 30.4 Å². The van der Waals surface area contributed by atoms with Crippen molar-refractivity contribution in [3.63, 3.8) is 0 Å². The Kier molecular flexibility index (Phi) is 4.63. The second-order valence-corrected chi connectivity index (χ2v) is 6.24. The molecule has 1 aromatic carbocycles. The Bertz CT molecular complexity index is 358. The van der Waals surface area contributed by atoms with Crippen LogP contribution in [0.25, 0.3) is 0 Å². The number of benzene rings is 1. The molecule has 0 saturated heterocycles. The molecule has 2 rings (SSSR count). The highest BCUT2D eigenvalue weighted by Gasteiger charge is 2.29. The number of nitrogens with one attached hydrogen (secondary N) is 1. The maximum atomic E-state index is 3.70. The Morgan fingerprint density at radius 3 is 2.53 bits per heavy atom. The Labute approximate surface area is 113 Å². The second-order valence-electron chi connectivity index (χ2n) is 5.38. The highest BCUT2D eigenvalue weighted by Crippen LogP contribution is 2.41. The zero-order valence-electron chi connectivity index (χ0n) is 10.7. The normalized spacial score (nSPS) is 18.1. The molecule has 0 aromatic heterocycles. The summed E-state index contributed by atoms with van der Waals surface area (Å²) >= 11 is 3.70. The van der Waals surface area contributed by atoms with E-state index >= 15 is 0 Å². The van der Waals surface area contributed by atoms with Crippen LogP contribution < -0.4 is 5.32 Å². The maximum absolute atomic E-state index is 3.70. The standard InChI is InChI=1S/C15H22BrN/c1-11(2)17-10-14(12-6-5-7-12)13-8-3-4-9-15(13)16/h3-4,8-9,11-12,14,17H,5-7,10H2,1-2H3. The zero-order chi connectivity index (χ0) is 12.3. The van der Waals surface area contributed by atoms with Crippen LogP contribution in [-0.2, 0) is 0 Å². The minimum Gasteiger partial charge on any atom is -0.314 e. The number of halogens is 1. The topological polar surface area (TPSA) is 12.0 Å². The molecular formula is C15H22BrN. The van der Waals surface area contributed by atoms with E-state index in [1.165, 1.54) is 29.3 Å². The fourth-order valence-electron chi connectivity index (χ4n) is 2.51. The van der Waals surface area contributed by atoms with Crippen LogP contribution in [0.2, 0.25) is 0 Å². The molecule has 2 heteroatoms. The van der Waals surface area contributed by atoms with Crippen LogP contribution in [0.4, 0.5) is 0 Å². The Morgan fingerprint density at radius 2 is 2.00 bits per heavy atom. The van der Waals surface area contributed by atoms with Crippen molar-refractivity contribution in [2.24, 2.45) is 5.92 Å². The number of hydrogen-bond acceptors (Lipinski definition) is 1. The minimum absolute atomic E-state index is 0.570. The molecule has 1 aliphatic carbocycles. The Hall–Kier alpha value is -0.340. The van der Waals surface area contributed by atoms with Crippen LogP contribution in [0.3, 0.4) is 0 Å². The van der Waals surface area contributed by atoms with Crippen molar-refractivity contribution in [2.75, 3.05) is 6.54 Å². The lowest BCUT2D eigenvalue weighted by molar-refractivity contribution is 0.251. The molecule has 0 amide bonds. The molecule has 94 valence electrons. The third-order valence-electron chi connectivity index (χ3n) is 3.77. The third kappa shape index (κ3) is 3.32. The molecule has 1 unspecified atom stereocenters. The molecule has 1 nitrogen and oxygen atoms in total. The van der Waals surface area contributed by atoms with E-state index in [0.29, 0.717) is 12.0 Å². The van der Waals surface area contributed by atoms with E-state index in [0.717, 1.165) is 12.5 Å². The van der Waals surface area contributed by atoms with Crippen molar-refractivity contribution in [1.29, 1.82) is 0 Å². The molecule has 0 bridgehead atoms. The second kappa shape index (κ2) is 6.01. The van der Waals surface area contributed by atoms with E-state index in [2.05, 4.69) is 59.4 Å². The lowest BCUT2D eigenvalue weighted by Crippen LogP contribution is -2.33. The molecule has 0 radical (unpaired) electrons. The predicted octanol–water partition coefficient (Wildman–Crippen LogP) is 4.33. The molecule has 0 spiro atoms. The molecule has 1 N–H and O–H groups in total.